The summed E-state index contributed by atoms with van der Waals surface area (Å²) >= 11 is 0. The van der Waals surface area contributed by atoms with Crippen LogP contribution in [0, 0.1) is 12.8 Å². The van der Waals surface area contributed by atoms with Crippen molar-refractivity contribution in [3.8, 4) is 0 Å². The monoisotopic (exact) mass is 259 g/mol. The van der Waals surface area contributed by atoms with Crippen molar-refractivity contribution in [3.63, 3.8) is 0 Å². The van der Waals surface area contributed by atoms with Crippen LogP contribution >= 0.6 is 0 Å². The molecule has 0 amide bonds. The maximum absolute atomic E-state index is 11.1. The van der Waals surface area contributed by atoms with Gasteiger partial charge in [0, 0.05) is 17.6 Å². The van der Waals surface area contributed by atoms with Gasteiger partial charge in [0.2, 0.25) is 0 Å². The van der Waals surface area contributed by atoms with Gasteiger partial charge in [0.1, 0.15) is 0 Å². The predicted molar refractivity (Wildman–Crippen MR) is 77.6 cm³/mol. The fraction of sp³-hybridized carbons (Fsp3) is 0.438. The zero-order chi connectivity index (χ0) is 14.2. The number of aryl methyl sites for hydroxylation is 1. The van der Waals surface area contributed by atoms with Crippen LogP contribution in [0.1, 0.15) is 37.9 Å². The van der Waals surface area contributed by atoms with Crippen LogP contribution in [0.3, 0.4) is 0 Å². The molecule has 0 radical (unpaired) electrons. The molecule has 2 aromatic rings. The molecule has 1 heterocycles. The largest absolute Gasteiger partial charge is 0.481 e. The Morgan fingerprint density at radius 1 is 1.32 bits per heavy atom. The van der Waals surface area contributed by atoms with Gasteiger partial charge in [0.25, 0.3) is 0 Å². The van der Waals surface area contributed by atoms with Crippen LogP contribution in [-0.4, -0.2) is 15.6 Å². The summed E-state index contributed by atoms with van der Waals surface area (Å²) in [6.07, 6.45) is 2.73. The minimum atomic E-state index is -0.739. The van der Waals surface area contributed by atoms with Crippen LogP contribution in [0.15, 0.2) is 24.4 Å². The fourth-order valence-corrected chi connectivity index (χ4v) is 2.55. The number of carboxylic acid groups (broad SMARTS) is 1. The number of benzene rings is 1. The standard InChI is InChI=1S/C16H21NO2/c1-10(2)17-9-12(4)14-7-5-6-13(15(14)17)8-11(3)16(18)19/h5-7,9-11H,8H2,1-4H3,(H,18,19). The Morgan fingerprint density at radius 3 is 2.58 bits per heavy atom. The number of hydrogen-bond donors (Lipinski definition) is 1. The zero-order valence-corrected chi connectivity index (χ0v) is 12.0. The molecule has 1 N–H and O–H groups in total. The number of aliphatic carboxylic acids is 1. The van der Waals surface area contributed by atoms with E-state index in [0.29, 0.717) is 12.5 Å². The lowest BCUT2D eigenvalue weighted by Gasteiger charge is -2.14. The molecule has 3 nitrogen and oxygen atoms in total. The third-order valence-electron chi connectivity index (χ3n) is 3.64. The van der Waals surface area contributed by atoms with Gasteiger partial charge in [-0.3, -0.25) is 4.79 Å². The molecular weight excluding hydrogens is 238 g/mol. The molecule has 0 fully saturated rings. The van der Waals surface area contributed by atoms with Gasteiger partial charge in [-0.1, -0.05) is 25.1 Å². The number of hydrogen-bond acceptors (Lipinski definition) is 1. The molecule has 0 aliphatic rings. The molecule has 1 aromatic carbocycles. The lowest BCUT2D eigenvalue weighted by molar-refractivity contribution is -0.141. The molecule has 0 saturated carbocycles. The molecule has 1 unspecified atom stereocenters. The lowest BCUT2D eigenvalue weighted by Crippen LogP contribution is -2.13. The van der Waals surface area contributed by atoms with Crippen LogP contribution in [0.5, 0.6) is 0 Å². The van der Waals surface area contributed by atoms with Gasteiger partial charge in [-0.15, -0.1) is 0 Å². The van der Waals surface area contributed by atoms with E-state index in [0.717, 1.165) is 5.56 Å². The third kappa shape index (κ3) is 2.50. The summed E-state index contributed by atoms with van der Waals surface area (Å²) < 4.78 is 2.24. The quantitative estimate of drug-likeness (QED) is 0.907. The van der Waals surface area contributed by atoms with Crippen molar-refractivity contribution in [2.45, 2.75) is 40.2 Å². The average Bonchev–Trinajstić information content (AvgIpc) is 2.68. The Hall–Kier alpha value is -1.77. The van der Waals surface area contributed by atoms with Crippen molar-refractivity contribution in [2.24, 2.45) is 5.92 Å². The second kappa shape index (κ2) is 5.08. The average molecular weight is 259 g/mol. The van der Waals surface area contributed by atoms with E-state index >= 15 is 0 Å². The number of para-hydroxylation sites is 1. The highest BCUT2D eigenvalue weighted by Gasteiger charge is 2.16. The number of rotatable bonds is 4. The summed E-state index contributed by atoms with van der Waals surface area (Å²) in [6.45, 7) is 8.16. The Bertz CT molecular complexity index is 610. The molecule has 102 valence electrons. The third-order valence-corrected chi connectivity index (χ3v) is 3.64. The van der Waals surface area contributed by atoms with Gasteiger partial charge >= 0.3 is 5.97 Å². The highest BCUT2D eigenvalue weighted by molar-refractivity contribution is 5.87. The molecule has 0 aliphatic heterocycles. The first-order valence-corrected chi connectivity index (χ1v) is 6.73. The van der Waals surface area contributed by atoms with Gasteiger partial charge in [-0.2, -0.15) is 0 Å². The van der Waals surface area contributed by atoms with E-state index in [-0.39, 0.29) is 5.92 Å². The molecule has 1 aromatic heterocycles. The van der Waals surface area contributed by atoms with E-state index in [1.54, 1.807) is 6.92 Å². The van der Waals surface area contributed by atoms with Gasteiger partial charge < -0.3 is 9.67 Å². The van der Waals surface area contributed by atoms with Crippen LogP contribution in [0.25, 0.3) is 10.9 Å². The number of nitrogens with zero attached hydrogens (tertiary/aromatic N) is 1. The number of aromatic nitrogens is 1. The molecule has 3 heteroatoms. The first-order chi connectivity index (χ1) is 8.91. The van der Waals surface area contributed by atoms with Gasteiger partial charge in [-0.25, -0.2) is 0 Å². The SMILES string of the molecule is Cc1cn(C(C)C)c2c(CC(C)C(=O)O)cccc12. The zero-order valence-electron chi connectivity index (χ0n) is 12.0. The summed E-state index contributed by atoms with van der Waals surface area (Å²) in [5.41, 5.74) is 3.55. The van der Waals surface area contributed by atoms with E-state index in [1.165, 1.54) is 16.5 Å². The van der Waals surface area contributed by atoms with Crippen LogP contribution in [0.4, 0.5) is 0 Å². The molecule has 0 bridgehead atoms. The van der Waals surface area contributed by atoms with Gasteiger partial charge in [0.05, 0.1) is 11.4 Å². The Labute approximate surface area is 113 Å². The summed E-state index contributed by atoms with van der Waals surface area (Å²) in [7, 11) is 0. The van der Waals surface area contributed by atoms with E-state index in [4.69, 9.17) is 5.11 Å². The maximum Gasteiger partial charge on any atom is 0.306 e. The summed E-state index contributed by atoms with van der Waals surface area (Å²) in [5.74, 6) is -1.10. The van der Waals surface area contributed by atoms with E-state index in [1.807, 2.05) is 12.1 Å². The lowest BCUT2D eigenvalue weighted by atomic mass is 9.98. The minimum Gasteiger partial charge on any atom is -0.481 e. The van der Waals surface area contributed by atoms with E-state index < -0.39 is 5.97 Å². The van der Waals surface area contributed by atoms with Crippen molar-refractivity contribution in [1.29, 1.82) is 0 Å². The predicted octanol–water partition coefficient (Wildman–Crippen LogP) is 3.79. The van der Waals surface area contributed by atoms with Crippen molar-refractivity contribution in [3.05, 3.63) is 35.5 Å². The fourth-order valence-electron chi connectivity index (χ4n) is 2.55. The number of carboxylic acids is 1. The molecule has 0 saturated heterocycles. The van der Waals surface area contributed by atoms with Crippen LogP contribution in [-0.2, 0) is 11.2 Å². The molecule has 1 atom stereocenters. The number of carbonyl (C=O) groups is 1. The van der Waals surface area contributed by atoms with Crippen molar-refractivity contribution < 1.29 is 9.90 Å². The Kier molecular flexibility index (Phi) is 3.65. The van der Waals surface area contributed by atoms with Crippen molar-refractivity contribution in [2.75, 3.05) is 0 Å². The van der Waals surface area contributed by atoms with Crippen LogP contribution in [0.2, 0.25) is 0 Å². The number of fused-ring (bicyclic) bond motifs is 1. The smallest absolute Gasteiger partial charge is 0.306 e. The van der Waals surface area contributed by atoms with Crippen LogP contribution < -0.4 is 0 Å². The highest BCUT2D eigenvalue weighted by Crippen LogP contribution is 2.28. The molecule has 0 aliphatic carbocycles. The second-order valence-electron chi connectivity index (χ2n) is 5.57. The summed E-state index contributed by atoms with van der Waals surface area (Å²) in [4.78, 5) is 11.1. The minimum absolute atomic E-state index is 0.360. The van der Waals surface area contributed by atoms with E-state index in [9.17, 15) is 4.79 Å². The van der Waals surface area contributed by atoms with Gasteiger partial charge in [0.15, 0.2) is 0 Å². The molecule has 19 heavy (non-hydrogen) atoms. The molecule has 2 rings (SSSR count). The van der Waals surface area contributed by atoms with E-state index in [2.05, 4.69) is 37.6 Å². The first-order valence-electron chi connectivity index (χ1n) is 6.73. The summed E-state index contributed by atoms with van der Waals surface area (Å²) in [5, 5.41) is 10.3. The Morgan fingerprint density at radius 2 is 2.00 bits per heavy atom. The topological polar surface area (TPSA) is 42.2 Å². The highest BCUT2D eigenvalue weighted by atomic mass is 16.4. The molecular formula is C16H21NO2. The summed E-state index contributed by atoms with van der Waals surface area (Å²) in [6, 6.07) is 6.54. The second-order valence-corrected chi connectivity index (χ2v) is 5.57. The maximum atomic E-state index is 11.1. The van der Waals surface area contributed by atoms with Crippen molar-refractivity contribution in [1.82, 2.24) is 4.57 Å². The first kappa shape index (κ1) is 13.7. The van der Waals surface area contributed by atoms with Gasteiger partial charge in [-0.05, 0) is 38.3 Å². The Balaban J connectivity index is 2.58. The normalized spacial score (nSPS) is 13.1. The van der Waals surface area contributed by atoms with Crippen molar-refractivity contribution >= 4 is 16.9 Å². The molecule has 0 spiro atoms.